The molecule has 0 N–H and O–H groups in total. The lowest BCUT2D eigenvalue weighted by Gasteiger charge is -2.08. The fourth-order valence-electron chi connectivity index (χ4n) is 2.43. The number of ether oxygens (including phenoxy) is 3. The normalized spacial score (nSPS) is 14.9. The van der Waals surface area contributed by atoms with Crippen LogP contribution in [0.5, 0.6) is 11.5 Å². The zero-order valence-electron chi connectivity index (χ0n) is 13.8. The van der Waals surface area contributed by atoms with Crippen molar-refractivity contribution in [3.05, 3.63) is 71.3 Å². The van der Waals surface area contributed by atoms with Crippen LogP contribution in [-0.2, 0) is 14.3 Å². The second-order valence-corrected chi connectivity index (χ2v) is 5.37. The van der Waals surface area contributed by atoms with Crippen LogP contribution < -0.4 is 9.47 Å². The Morgan fingerprint density at radius 1 is 1.08 bits per heavy atom. The van der Waals surface area contributed by atoms with Gasteiger partial charge < -0.3 is 14.2 Å². The van der Waals surface area contributed by atoms with Crippen molar-refractivity contribution in [1.82, 2.24) is 0 Å². The average Bonchev–Trinajstić information content (AvgIpc) is 2.96. The van der Waals surface area contributed by atoms with Crippen LogP contribution in [0.1, 0.15) is 18.1 Å². The molecule has 0 saturated carbocycles. The van der Waals surface area contributed by atoms with E-state index >= 15 is 0 Å². The molecule has 5 heteroatoms. The molecule has 1 aliphatic heterocycles. The molecule has 126 valence electrons. The summed E-state index contributed by atoms with van der Waals surface area (Å²) in [5, 5.41) is 0. The molecule has 2 aromatic carbocycles. The second kappa shape index (κ2) is 7.05. The van der Waals surface area contributed by atoms with Crippen LogP contribution in [-0.4, -0.2) is 19.0 Å². The highest BCUT2D eigenvalue weighted by Crippen LogP contribution is 2.31. The first-order valence-electron chi connectivity index (χ1n) is 7.64. The SMILES string of the molecule is COc1ccc(C=C2C=C(c3ccccc3)OC2=O)cc1OC(C)=O. The highest BCUT2D eigenvalue weighted by atomic mass is 16.6. The molecule has 5 nitrogen and oxygen atoms in total. The second-order valence-electron chi connectivity index (χ2n) is 5.37. The minimum Gasteiger partial charge on any atom is -0.493 e. The third kappa shape index (κ3) is 3.77. The lowest BCUT2D eigenvalue weighted by atomic mass is 10.1. The van der Waals surface area contributed by atoms with E-state index in [1.165, 1.54) is 14.0 Å². The monoisotopic (exact) mass is 336 g/mol. The molecule has 0 saturated heterocycles. The van der Waals surface area contributed by atoms with E-state index in [-0.39, 0.29) is 0 Å². The minimum atomic E-state index is -0.449. The van der Waals surface area contributed by atoms with Crippen LogP contribution in [0.15, 0.2) is 60.2 Å². The number of benzene rings is 2. The molecular formula is C20H16O5. The molecule has 2 aromatic rings. The van der Waals surface area contributed by atoms with E-state index in [1.54, 1.807) is 30.4 Å². The van der Waals surface area contributed by atoms with Gasteiger partial charge in [-0.05, 0) is 29.8 Å². The summed E-state index contributed by atoms with van der Waals surface area (Å²) in [6.45, 7) is 1.31. The van der Waals surface area contributed by atoms with Gasteiger partial charge in [0.25, 0.3) is 0 Å². The zero-order chi connectivity index (χ0) is 17.8. The molecule has 0 fully saturated rings. The third-order valence-corrected chi connectivity index (χ3v) is 3.55. The van der Waals surface area contributed by atoms with E-state index in [4.69, 9.17) is 14.2 Å². The first-order chi connectivity index (χ1) is 12.1. The van der Waals surface area contributed by atoms with Crippen molar-refractivity contribution in [2.75, 3.05) is 7.11 Å². The van der Waals surface area contributed by atoms with E-state index in [2.05, 4.69) is 0 Å². The summed E-state index contributed by atoms with van der Waals surface area (Å²) < 4.78 is 15.6. The van der Waals surface area contributed by atoms with E-state index in [1.807, 2.05) is 30.3 Å². The number of carbonyl (C=O) groups excluding carboxylic acids is 2. The fraction of sp³-hybridized carbons (Fsp3) is 0.100. The van der Waals surface area contributed by atoms with Gasteiger partial charge in [0.2, 0.25) is 0 Å². The third-order valence-electron chi connectivity index (χ3n) is 3.55. The molecule has 0 radical (unpaired) electrons. The number of hydrogen-bond donors (Lipinski definition) is 0. The summed E-state index contributed by atoms with van der Waals surface area (Å²) in [4.78, 5) is 23.3. The molecule has 1 heterocycles. The summed E-state index contributed by atoms with van der Waals surface area (Å²) >= 11 is 0. The summed E-state index contributed by atoms with van der Waals surface area (Å²) in [5.74, 6) is 0.360. The van der Waals surface area contributed by atoms with Crippen molar-refractivity contribution in [3.63, 3.8) is 0 Å². The van der Waals surface area contributed by atoms with Crippen molar-refractivity contribution < 1.29 is 23.8 Å². The first kappa shape index (κ1) is 16.5. The van der Waals surface area contributed by atoms with Crippen LogP contribution >= 0.6 is 0 Å². The Balaban J connectivity index is 1.93. The van der Waals surface area contributed by atoms with Gasteiger partial charge in [0, 0.05) is 12.5 Å². The smallest absolute Gasteiger partial charge is 0.343 e. The Bertz CT molecular complexity index is 878. The zero-order valence-corrected chi connectivity index (χ0v) is 13.8. The number of esters is 2. The lowest BCUT2D eigenvalue weighted by molar-refractivity contribution is -0.132. The molecule has 0 unspecified atom stereocenters. The molecule has 1 aliphatic rings. The summed E-state index contributed by atoms with van der Waals surface area (Å²) in [5.41, 5.74) is 1.93. The van der Waals surface area contributed by atoms with Gasteiger partial charge in [-0.1, -0.05) is 36.4 Å². The van der Waals surface area contributed by atoms with Crippen molar-refractivity contribution in [3.8, 4) is 11.5 Å². The van der Waals surface area contributed by atoms with Gasteiger partial charge in [0.1, 0.15) is 5.76 Å². The number of rotatable bonds is 4. The van der Waals surface area contributed by atoms with Gasteiger partial charge in [-0.2, -0.15) is 0 Å². The Morgan fingerprint density at radius 2 is 1.84 bits per heavy atom. The van der Waals surface area contributed by atoms with Gasteiger partial charge in [0.05, 0.1) is 12.7 Å². The predicted molar refractivity (Wildman–Crippen MR) is 92.8 cm³/mol. The standard InChI is InChI=1S/C20H16O5/c1-13(21)24-19-11-14(8-9-17(19)23-2)10-16-12-18(25-20(16)22)15-6-4-3-5-7-15/h3-12H,1-2H3. The van der Waals surface area contributed by atoms with Crippen LogP contribution in [0, 0.1) is 0 Å². The fourth-order valence-corrected chi connectivity index (χ4v) is 2.43. The number of methoxy groups -OCH3 is 1. The summed E-state index contributed by atoms with van der Waals surface area (Å²) in [6, 6.07) is 14.5. The van der Waals surface area contributed by atoms with E-state index < -0.39 is 11.9 Å². The topological polar surface area (TPSA) is 61.8 Å². The van der Waals surface area contributed by atoms with Gasteiger partial charge >= 0.3 is 11.9 Å². The summed E-state index contributed by atoms with van der Waals surface area (Å²) in [7, 11) is 1.49. The molecule has 0 spiro atoms. The molecule has 0 bridgehead atoms. The number of carbonyl (C=O) groups is 2. The minimum absolute atomic E-state index is 0.294. The van der Waals surface area contributed by atoms with Crippen LogP contribution in [0.3, 0.4) is 0 Å². The van der Waals surface area contributed by atoms with Crippen LogP contribution in [0.2, 0.25) is 0 Å². The lowest BCUT2D eigenvalue weighted by Crippen LogP contribution is -2.03. The molecular weight excluding hydrogens is 320 g/mol. The van der Waals surface area contributed by atoms with Crippen LogP contribution in [0.4, 0.5) is 0 Å². The van der Waals surface area contributed by atoms with Gasteiger partial charge in [-0.15, -0.1) is 0 Å². The van der Waals surface area contributed by atoms with Crippen molar-refractivity contribution >= 4 is 23.8 Å². The highest BCUT2D eigenvalue weighted by molar-refractivity contribution is 6.05. The van der Waals surface area contributed by atoms with E-state index in [9.17, 15) is 9.59 Å². The Labute approximate surface area is 145 Å². The Hall–Kier alpha value is -3.34. The largest absolute Gasteiger partial charge is 0.493 e. The number of cyclic esters (lactones) is 1. The Kier molecular flexibility index (Phi) is 4.66. The van der Waals surface area contributed by atoms with Gasteiger partial charge in [-0.25, -0.2) is 4.79 Å². The van der Waals surface area contributed by atoms with Gasteiger partial charge in [-0.3, -0.25) is 4.79 Å². The predicted octanol–water partition coefficient (Wildman–Crippen LogP) is 3.60. The average molecular weight is 336 g/mol. The molecule has 0 amide bonds. The molecule has 0 atom stereocenters. The Morgan fingerprint density at radius 3 is 2.52 bits per heavy atom. The molecule has 25 heavy (non-hydrogen) atoms. The highest BCUT2D eigenvalue weighted by Gasteiger charge is 2.22. The van der Waals surface area contributed by atoms with E-state index in [0.29, 0.717) is 28.4 Å². The van der Waals surface area contributed by atoms with Crippen molar-refractivity contribution in [1.29, 1.82) is 0 Å². The first-order valence-corrected chi connectivity index (χ1v) is 7.64. The van der Waals surface area contributed by atoms with Crippen LogP contribution in [0.25, 0.3) is 11.8 Å². The van der Waals surface area contributed by atoms with Crippen molar-refractivity contribution in [2.45, 2.75) is 6.92 Å². The summed E-state index contributed by atoms with van der Waals surface area (Å²) in [6.07, 6.45) is 3.36. The van der Waals surface area contributed by atoms with Crippen molar-refractivity contribution in [2.24, 2.45) is 0 Å². The number of hydrogen-bond acceptors (Lipinski definition) is 5. The maximum Gasteiger partial charge on any atom is 0.343 e. The van der Waals surface area contributed by atoms with E-state index in [0.717, 1.165) is 5.56 Å². The maximum atomic E-state index is 12.1. The molecule has 3 rings (SSSR count). The maximum absolute atomic E-state index is 12.1. The quantitative estimate of drug-likeness (QED) is 0.485. The molecule has 0 aliphatic carbocycles. The molecule has 0 aromatic heterocycles. The van der Waals surface area contributed by atoms with Gasteiger partial charge in [0.15, 0.2) is 11.5 Å².